The van der Waals surface area contributed by atoms with E-state index in [0.29, 0.717) is 6.04 Å². The summed E-state index contributed by atoms with van der Waals surface area (Å²) < 4.78 is 0. The third-order valence-corrected chi connectivity index (χ3v) is 2.51. The largest absolute Gasteiger partial charge is 0.356 e. The number of hydrogen-bond acceptors (Lipinski definition) is 3. The Balaban J connectivity index is 1.82. The molecule has 3 heteroatoms. The zero-order chi connectivity index (χ0) is 8.93. The van der Waals surface area contributed by atoms with Crippen molar-refractivity contribution >= 4 is 5.96 Å². The van der Waals surface area contributed by atoms with Gasteiger partial charge in [-0.1, -0.05) is 12.2 Å². The molecular formula is C10H17N3. The highest BCUT2D eigenvalue weighted by molar-refractivity contribution is 5.80. The third-order valence-electron chi connectivity index (χ3n) is 2.51. The fourth-order valence-electron chi connectivity index (χ4n) is 1.75. The van der Waals surface area contributed by atoms with Crippen LogP contribution in [0.15, 0.2) is 17.1 Å². The van der Waals surface area contributed by atoms with Crippen molar-refractivity contribution in [2.75, 3.05) is 13.1 Å². The Morgan fingerprint density at radius 1 is 1.46 bits per heavy atom. The Morgan fingerprint density at radius 3 is 3.15 bits per heavy atom. The summed E-state index contributed by atoms with van der Waals surface area (Å²) in [4.78, 5) is 4.39. The van der Waals surface area contributed by atoms with Gasteiger partial charge in [0.1, 0.15) is 0 Å². The number of guanidine groups is 1. The summed E-state index contributed by atoms with van der Waals surface area (Å²) in [6, 6.07) is 0.592. The first kappa shape index (κ1) is 8.60. The van der Waals surface area contributed by atoms with Gasteiger partial charge in [0.25, 0.3) is 0 Å². The molecule has 0 saturated carbocycles. The minimum Gasteiger partial charge on any atom is -0.356 e. The molecule has 0 saturated heterocycles. The molecule has 0 fully saturated rings. The van der Waals surface area contributed by atoms with Crippen LogP contribution in [0.2, 0.25) is 0 Å². The van der Waals surface area contributed by atoms with Gasteiger partial charge in [0.15, 0.2) is 5.96 Å². The van der Waals surface area contributed by atoms with E-state index in [2.05, 4.69) is 27.8 Å². The summed E-state index contributed by atoms with van der Waals surface area (Å²) in [7, 11) is 0. The summed E-state index contributed by atoms with van der Waals surface area (Å²) in [5.41, 5.74) is 0. The second-order valence-electron chi connectivity index (χ2n) is 3.64. The zero-order valence-corrected chi connectivity index (χ0v) is 7.92. The molecular weight excluding hydrogens is 162 g/mol. The molecule has 0 bridgehead atoms. The summed E-state index contributed by atoms with van der Waals surface area (Å²) in [6.07, 6.45) is 9.25. The smallest absolute Gasteiger partial charge is 0.191 e. The van der Waals surface area contributed by atoms with Crippen LogP contribution in [0.3, 0.4) is 0 Å². The molecule has 1 unspecified atom stereocenters. The molecule has 2 aliphatic rings. The maximum Gasteiger partial charge on any atom is 0.191 e. The van der Waals surface area contributed by atoms with Crippen molar-refractivity contribution in [1.82, 2.24) is 10.6 Å². The van der Waals surface area contributed by atoms with Crippen molar-refractivity contribution in [3.63, 3.8) is 0 Å². The van der Waals surface area contributed by atoms with E-state index in [-0.39, 0.29) is 0 Å². The monoisotopic (exact) mass is 179 g/mol. The lowest BCUT2D eigenvalue weighted by molar-refractivity contribution is 0.537. The van der Waals surface area contributed by atoms with E-state index in [9.17, 15) is 0 Å². The number of allylic oxidation sites excluding steroid dienone is 1. The van der Waals surface area contributed by atoms with Crippen LogP contribution in [0.5, 0.6) is 0 Å². The first-order valence-corrected chi connectivity index (χ1v) is 5.15. The van der Waals surface area contributed by atoms with Gasteiger partial charge in [0, 0.05) is 19.1 Å². The highest BCUT2D eigenvalue weighted by atomic mass is 15.2. The van der Waals surface area contributed by atoms with Gasteiger partial charge < -0.3 is 10.6 Å². The molecule has 0 aromatic rings. The van der Waals surface area contributed by atoms with Crippen molar-refractivity contribution < 1.29 is 0 Å². The minimum atomic E-state index is 0.592. The average Bonchev–Trinajstić information content (AvgIpc) is 2.21. The number of hydrogen-bond donors (Lipinski definition) is 2. The molecule has 1 aliphatic heterocycles. The second kappa shape index (κ2) is 4.30. The van der Waals surface area contributed by atoms with Crippen LogP contribution in [0, 0.1) is 0 Å². The first-order valence-electron chi connectivity index (χ1n) is 5.15. The SMILES string of the molecule is C1=CCC(NC2=NCCCN2)CC1. The molecule has 0 spiro atoms. The molecule has 1 atom stereocenters. The average molecular weight is 179 g/mol. The van der Waals surface area contributed by atoms with E-state index in [1.54, 1.807) is 0 Å². The summed E-state index contributed by atoms with van der Waals surface area (Å²) in [5, 5.41) is 6.73. The van der Waals surface area contributed by atoms with E-state index in [1.165, 1.54) is 12.8 Å². The summed E-state index contributed by atoms with van der Waals surface area (Å²) in [6.45, 7) is 2.03. The molecule has 0 aromatic carbocycles. The van der Waals surface area contributed by atoms with Crippen LogP contribution in [0.4, 0.5) is 0 Å². The van der Waals surface area contributed by atoms with E-state index < -0.39 is 0 Å². The molecule has 0 amide bonds. The Hall–Kier alpha value is -0.990. The van der Waals surface area contributed by atoms with Gasteiger partial charge in [0.2, 0.25) is 0 Å². The van der Waals surface area contributed by atoms with Crippen molar-refractivity contribution in [2.24, 2.45) is 4.99 Å². The zero-order valence-electron chi connectivity index (χ0n) is 7.92. The van der Waals surface area contributed by atoms with E-state index in [1.807, 2.05) is 0 Å². The molecule has 0 aromatic heterocycles. The number of nitrogens with zero attached hydrogens (tertiary/aromatic N) is 1. The second-order valence-corrected chi connectivity index (χ2v) is 3.64. The van der Waals surface area contributed by atoms with Gasteiger partial charge in [0.05, 0.1) is 0 Å². The van der Waals surface area contributed by atoms with Gasteiger partial charge in [-0.3, -0.25) is 4.99 Å². The topological polar surface area (TPSA) is 36.4 Å². The van der Waals surface area contributed by atoms with Gasteiger partial charge in [-0.2, -0.15) is 0 Å². The van der Waals surface area contributed by atoms with Crippen LogP contribution >= 0.6 is 0 Å². The number of aliphatic imine (C=N–C) groups is 1. The number of nitrogens with one attached hydrogen (secondary N) is 2. The predicted molar refractivity (Wildman–Crippen MR) is 54.8 cm³/mol. The molecule has 3 nitrogen and oxygen atoms in total. The van der Waals surface area contributed by atoms with E-state index >= 15 is 0 Å². The quantitative estimate of drug-likeness (QED) is 0.590. The van der Waals surface area contributed by atoms with Crippen LogP contribution in [0.1, 0.15) is 25.7 Å². The lowest BCUT2D eigenvalue weighted by Crippen LogP contribution is -2.45. The summed E-state index contributed by atoms with van der Waals surface area (Å²) in [5.74, 6) is 1.01. The molecule has 2 N–H and O–H groups in total. The standard InChI is InChI=1S/C10H17N3/c1-2-5-9(6-3-1)13-10-11-7-4-8-12-10/h1-2,9H,3-8H2,(H2,11,12,13). The highest BCUT2D eigenvalue weighted by Gasteiger charge is 2.12. The maximum absolute atomic E-state index is 4.39. The molecule has 2 rings (SSSR count). The molecule has 1 aliphatic carbocycles. The van der Waals surface area contributed by atoms with Crippen molar-refractivity contribution in [2.45, 2.75) is 31.7 Å². The molecule has 0 radical (unpaired) electrons. The molecule has 13 heavy (non-hydrogen) atoms. The van der Waals surface area contributed by atoms with Crippen molar-refractivity contribution in [3.05, 3.63) is 12.2 Å². The Kier molecular flexibility index (Phi) is 2.85. The minimum absolute atomic E-state index is 0.592. The Bertz CT molecular complexity index is 220. The van der Waals surface area contributed by atoms with Crippen LogP contribution < -0.4 is 10.6 Å². The van der Waals surface area contributed by atoms with E-state index in [0.717, 1.165) is 31.9 Å². The van der Waals surface area contributed by atoms with Crippen molar-refractivity contribution in [3.8, 4) is 0 Å². The number of rotatable bonds is 1. The van der Waals surface area contributed by atoms with Crippen molar-refractivity contribution in [1.29, 1.82) is 0 Å². The van der Waals surface area contributed by atoms with E-state index in [4.69, 9.17) is 0 Å². The Morgan fingerprint density at radius 2 is 2.46 bits per heavy atom. The highest BCUT2D eigenvalue weighted by Crippen LogP contribution is 2.10. The van der Waals surface area contributed by atoms with Crippen LogP contribution in [-0.4, -0.2) is 25.1 Å². The Labute approximate surface area is 79.3 Å². The van der Waals surface area contributed by atoms with Gasteiger partial charge >= 0.3 is 0 Å². The lowest BCUT2D eigenvalue weighted by atomic mass is 10.0. The fourth-order valence-corrected chi connectivity index (χ4v) is 1.75. The van der Waals surface area contributed by atoms with Gasteiger partial charge in [-0.05, 0) is 25.7 Å². The maximum atomic E-state index is 4.39. The lowest BCUT2D eigenvalue weighted by Gasteiger charge is -2.24. The van der Waals surface area contributed by atoms with Gasteiger partial charge in [-0.15, -0.1) is 0 Å². The van der Waals surface area contributed by atoms with Crippen LogP contribution in [0.25, 0.3) is 0 Å². The summed E-state index contributed by atoms with van der Waals surface area (Å²) >= 11 is 0. The predicted octanol–water partition coefficient (Wildman–Crippen LogP) is 1.03. The fraction of sp³-hybridized carbons (Fsp3) is 0.700. The first-order chi connectivity index (χ1) is 6.45. The molecule has 1 heterocycles. The normalized spacial score (nSPS) is 27.7. The third kappa shape index (κ3) is 2.47. The van der Waals surface area contributed by atoms with Crippen LogP contribution in [-0.2, 0) is 0 Å². The van der Waals surface area contributed by atoms with Gasteiger partial charge in [-0.25, -0.2) is 0 Å². The molecule has 72 valence electrons.